The Bertz CT molecular complexity index is 326. The smallest absolute Gasteiger partial charge is 0.0609 e. The van der Waals surface area contributed by atoms with Crippen LogP contribution < -0.4 is 10.6 Å². The van der Waals surface area contributed by atoms with Gasteiger partial charge in [0.25, 0.3) is 0 Å². The third-order valence-corrected chi connectivity index (χ3v) is 2.78. The molecule has 0 bridgehead atoms. The fourth-order valence-corrected chi connectivity index (χ4v) is 1.67. The highest BCUT2D eigenvalue weighted by atomic mass is 79.9. The minimum atomic E-state index is 0.819. The molecule has 3 nitrogen and oxygen atoms in total. The van der Waals surface area contributed by atoms with Crippen molar-refractivity contribution in [3.05, 3.63) is 22.7 Å². The molecule has 0 atom stereocenters. The Morgan fingerprint density at radius 3 is 2.47 bits per heavy atom. The van der Waals surface area contributed by atoms with E-state index in [4.69, 9.17) is 5.73 Å². The summed E-state index contributed by atoms with van der Waals surface area (Å²) in [6.45, 7) is 1.98. The average Bonchev–Trinajstić information content (AvgIpc) is 2.18. The third kappa shape index (κ3) is 3.72. The molecule has 0 amide bonds. The summed E-state index contributed by atoms with van der Waals surface area (Å²) >= 11 is 3.45. The highest BCUT2D eigenvalue weighted by Crippen LogP contribution is 2.25. The van der Waals surface area contributed by atoms with Gasteiger partial charge in [-0.2, -0.15) is 0 Å². The zero-order valence-electron chi connectivity index (χ0n) is 9.50. The number of halogens is 1. The normalized spacial score (nSPS) is 10.7. The van der Waals surface area contributed by atoms with Gasteiger partial charge in [0.1, 0.15) is 0 Å². The summed E-state index contributed by atoms with van der Waals surface area (Å²) in [7, 11) is 6.19. The summed E-state index contributed by atoms with van der Waals surface area (Å²) < 4.78 is 1.06. The van der Waals surface area contributed by atoms with Crippen LogP contribution in [0.5, 0.6) is 0 Å². The molecule has 4 heteroatoms. The van der Waals surface area contributed by atoms with Gasteiger partial charge in [0.05, 0.1) is 11.4 Å². The molecule has 15 heavy (non-hydrogen) atoms. The van der Waals surface area contributed by atoms with Crippen molar-refractivity contribution < 1.29 is 0 Å². The minimum Gasteiger partial charge on any atom is -0.397 e. The molecule has 0 aromatic heterocycles. The van der Waals surface area contributed by atoms with Crippen LogP contribution in [0.2, 0.25) is 0 Å². The van der Waals surface area contributed by atoms with Gasteiger partial charge in [-0.05, 0) is 32.3 Å². The Hall–Kier alpha value is -0.740. The molecule has 2 N–H and O–H groups in total. The van der Waals surface area contributed by atoms with Gasteiger partial charge in [0.15, 0.2) is 0 Å². The van der Waals surface area contributed by atoms with E-state index >= 15 is 0 Å². The Morgan fingerprint density at radius 2 is 1.87 bits per heavy atom. The molecular weight excluding hydrogens is 254 g/mol. The second-order valence-corrected chi connectivity index (χ2v) is 4.84. The van der Waals surface area contributed by atoms with Crippen LogP contribution in [-0.2, 0) is 0 Å². The van der Waals surface area contributed by atoms with Gasteiger partial charge in [-0.1, -0.05) is 15.9 Å². The minimum absolute atomic E-state index is 0.819. The van der Waals surface area contributed by atoms with E-state index in [1.807, 2.05) is 18.2 Å². The number of rotatable bonds is 4. The lowest BCUT2D eigenvalue weighted by Crippen LogP contribution is -2.28. The van der Waals surface area contributed by atoms with Crippen molar-refractivity contribution in [3.63, 3.8) is 0 Å². The van der Waals surface area contributed by atoms with Crippen molar-refractivity contribution >= 4 is 27.3 Å². The first kappa shape index (κ1) is 12.3. The van der Waals surface area contributed by atoms with Crippen LogP contribution >= 0.6 is 15.9 Å². The molecule has 84 valence electrons. The summed E-state index contributed by atoms with van der Waals surface area (Å²) in [5, 5.41) is 0. The van der Waals surface area contributed by atoms with E-state index in [1.54, 1.807) is 0 Å². The second-order valence-electron chi connectivity index (χ2n) is 3.93. The van der Waals surface area contributed by atoms with Crippen molar-refractivity contribution in [1.29, 1.82) is 0 Å². The number of nitrogen functional groups attached to an aromatic ring is 1. The quantitative estimate of drug-likeness (QED) is 0.851. The van der Waals surface area contributed by atoms with Crippen molar-refractivity contribution in [2.24, 2.45) is 0 Å². The van der Waals surface area contributed by atoms with Gasteiger partial charge in [0.2, 0.25) is 0 Å². The lowest BCUT2D eigenvalue weighted by Gasteiger charge is -2.23. The van der Waals surface area contributed by atoms with Crippen molar-refractivity contribution in [2.75, 3.05) is 44.9 Å². The number of anilines is 2. The monoisotopic (exact) mass is 271 g/mol. The van der Waals surface area contributed by atoms with Crippen LogP contribution in [-0.4, -0.2) is 39.1 Å². The van der Waals surface area contributed by atoms with Crippen LogP contribution in [0.4, 0.5) is 11.4 Å². The van der Waals surface area contributed by atoms with E-state index in [2.05, 4.69) is 46.9 Å². The van der Waals surface area contributed by atoms with Crippen LogP contribution in [0.1, 0.15) is 0 Å². The summed E-state index contributed by atoms with van der Waals surface area (Å²) in [5.74, 6) is 0. The van der Waals surface area contributed by atoms with E-state index < -0.39 is 0 Å². The second kappa shape index (κ2) is 5.37. The summed E-state index contributed by atoms with van der Waals surface area (Å²) in [6.07, 6.45) is 0. The molecule has 1 aromatic rings. The number of hydrogen-bond acceptors (Lipinski definition) is 3. The molecule has 0 unspecified atom stereocenters. The molecule has 1 rings (SSSR count). The van der Waals surface area contributed by atoms with Crippen molar-refractivity contribution in [1.82, 2.24) is 4.90 Å². The summed E-state index contributed by atoms with van der Waals surface area (Å²) in [6, 6.07) is 5.93. The van der Waals surface area contributed by atoms with E-state index in [9.17, 15) is 0 Å². The molecule has 0 radical (unpaired) electrons. The van der Waals surface area contributed by atoms with Crippen molar-refractivity contribution in [3.8, 4) is 0 Å². The lowest BCUT2D eigenvalue weighted by molar-refractivity contribution is 0.416. The fraction of sp³-hybridized carbons (Fsp3) is 0.455. The number of benzene rings is 1. The molecule has 0 saturated carbocycles. The first-order valence-electron chi connectivity index (χ1n) is 4.91. The summed E-state index contributed by atoms with van der Waals surface area (Å²) in [5.41, 5.74) is 7.81. The van der Waals surface area contributed by atoms with Gasteiger partial charge in [-0.25, -0.2) is 0 Å². The SMILES string of the molecule is CN(C)CCN(C)c1cc(Br)ccc1N. The van der Waals surface area contributed by atoms with Gasteiger partial charge >= 0.3 is 0 Å². The van der Waals surface area contributed by atoms with Crippen LogP contribution in [0.25, 0.3) is 0 Å². The van der Waals surface area contributed by atoms with E-state index in [1.165, 1.54) is 0 Å². The maximum Gasteiger partial charge on any atom is 0.0609 e. The van der Waals surface area contributed by atoms with Gasteiger partial charge < -0.3 is 15.5 Å². The topological polar surface area (TPSA) is 32.5 Å². The van der Waals surface area contributed by atoms with Gasteiger partial charge in [0, 0.05) is 24.6 Å². The molecule has 0 fully saturated rings. The lowest BCUT2D eigenvalue weighted by atomic mass is 10.2. The Balaban J connectivity index is 2.72. The first-order valence-corrected chi connectivity index (χ1v) is 5.71. The molecule has 0 saturated heterocycles. The molecule has 0 aliphatic rings. The predicted molar refractivity (Wildman–Crippen MR) is 70.4 cm³/mol. The fourth-order valence-electron chi connectivity index (χ4n) is 1.32. The standard InChI is InChI=1S/C11H18BrN3/c1-14(2)6-7-15(3)11-8-9(12)4-5-10(11)13/h4-5,8H,6-7,13H2,1-3H3. The van der Waals surface area contributed by atoms with E-state index in [0.717, 1.165) is 28.9 Å². The van der Waals surface area contributed by atoms with Crippen LogP contribution in [0.15, 0.2) is 22.7 Å². The van der Waals surface area contributed by atoms with Gasteiger partial charge in [-0.15, -0.1) is 0 Å². The molecule has 0 aliphatic heterocycles. The van der Waals surface area contributed by atoms with E-state index in [-0.39, 0.29) is 0 Å². The predicted octanol–water partition coefficient (Wildman–Crippen LogP) is 2.03. The largest absolute Gasteiger partial charge is 0.397 e. The molecular formula is C11H18BrN3. The Labute approximate surface area is 100.0 Å². The maximum atomic E-state index is 5.92. The first-order chi connectivity index (χ1) is 7.00. The van der Waals surface area contributed by atoms with Crippen molar-refractivity contribution in [2.45, 2.75) is 0 Å². The number of nitrogens with two attached hydrogens (primary N) is 1. The van der Waals surface area contributed by atoms with Crippen LogP contribution in [0, 0.1) is 0 Å². The third-order valence-electron chi connectivity index (χ3n) is 2.29. The van der Waals surface area contributed by atoms with E-state index in [0.29, 0.717) is 0 Å². The van der Waals surface area contributed by atoms with Crippen LogP contribution in [0.3, 0.4) is 0 Å². The molecule has 1 aromatic carbocycles. The Kier molecular flexibility index (Phi) is 4.42. The summed E-state index contributed by atoms with van der Waals surface area (Å²) in [4.78, 5) is 4.32. The van der Waals surface area contributed by atoms with Gasteiger partial charge in [-0.3, -0.25) is 0 Å². The Morgan fingerprint density at radius 1 is 1.20 bits per heavy atom. The zero-order chi connectivity index (χ0) is 11.4. The molecule has 0 heterocycles. The highest BCUT2D eigenvalue weighted by Gasteiger charge is 2.05. The zero-order valence-corrected chi connectivity index (χ0v) is 11.1. The maximum absolute atomic E-state index is 5.92. The highest BCUT2D eigenvalue weighted by molar-refractivity contribution is 9.10. The number of likely N-dealkylation sites (N-methyl/N-ethyl adjacent to an activating group) is 2. The average molecular weight is 272 g/mol. The number of nitrogens with zero attached hydrogens (tertiary/aromatic N) is 2. The molecule has 0 aliphatic carbocycles. The molecule has 0 spiro atoms. The number of hydrogen-bond donors (Lipinski definition) is 1.